The Morgan fingerprint density at radius 1 is 0.957 bits per heavy atom. The molecular weight excluding hydrogens is 292 g/mol. The smallest absolute Gasteiger partial charge is 0.320 e. The fourth-order valence-electron chi connectivity index (χ4n) is 2.30. The van der Waals surface area contributed by atoms with Gasteiger partial charge in [0.1, 0.15) is 0 Å². The Kier molecular flexibility index (Phi) is 8.09. The maximum atomic E-state index is 12.0. The summed E-state index contributed by atoms with van der Waals surface area (Å²) in [6, 6.07) is 10.1. The molecule has 126 valence electrons. The lowest BCUT2D eigenvalue weighted by Crippen LogP contribution is -2.28. The van der Waals surface area contributed by atoms with Crippen LogP contribution in [0.5, 0.6) is 0 Å². The summed E-state index contributed by atoms with van der Waals surface area (Å²) in [5.41, 5.74) is 3.46. The van der Waals surface area contributed by atoms with Crippen LogP contribution in [0.2, 0.25) is 0 Å². The lowest BCUT2D eigenvalue weighted by atomic mass is 9.95. The zero-order chi connectivity index (χ0) is 17.2. The van der Waals surface area contributed by atoms with Gasteiger partial charge in [0.2, 0.25) is 0 Å². The van der Waals surface area contributed by atoms with E-state index in [4.69, 9.17) is 9.47 Å². The van der Waals surface area contributed by atoms with E-state index in [2.05, 4.69) is 6.92 Å². The summed E-state index contributed by atoms with van der Waals surface area (Å²) in [5, 5.41) is 0. The van der Waals surface area contributed by atoms with E-state index in [1.54, 1.807) is 13.8 Å². The highest BCUT2D eigenvalue weighted by Gasteiger charge is 2.29. The topological polar surface area (TPSA) is 52.6 Å². The summed E-state index contributed by atoms with van der Waals surface area (Å²) in [6.07, 6.45) is 1.04. The molecule has 0 bridgehead atoms. The van der Waals surface area contributed by atoms with Gasteiger partial charge in [0.05, 0.1) is 13.2 Å². The van der Waals surface area contributed by atoms with Crippen LogP contribution in [-0.4, -0.2) is 25.2 Å². The van der Waals surface area contributed by atoms with Crippen molar-refractivity contribution in [3.05, 3.63) is 41.5 Å². The summed E-state index contributed by atoms with van der Waals surface area (Å²) in [6.45, 7) is 8.04. The molecule has 0 aliphatic carbocycles. The van der Waals surface area contributed by atoms with Crippen LogP contribution in [0.25, 0.3) is 5.57 Å². The highest BCUT2D eigenvalue weighted by atomic mass is 16.6. The Morgan fingerprint density at radius 2 is 1.48 bits per heavy atom. The number of esters is 2. The van der Waals surface area contributed by atoms with Gasteiger partial charge in [-0.15, -0.1) is 0 Å². The van der Waals surface area contributed by atoms with Crippen LogP contribution in [0.15, 0.2) is 35.9 Å². The summed E-state index contributed by atoms with van der Waals surface area (Å²) >= 11 is 0. The largest absolute Gasteiger partial charge is 0.465 e. The first-order chi connectivity index (χ1) is 11.0. The van der Waals surface area contributed by atoms with E-state index in [9.17, 15) is 9.59 Å². The van der Waals surface area contributed by atoms with Crippen molar-refractivity contribution < 1.29 is 19.1 Å². The zero-order valence-corrected chi connectivity index (χ0v) is 14.4. The molecular formula is C19H26O4. The summed E-state index contributed by atoms with van der Waals surface area (Å²) in [4.78, 5) is 23.9. The van der Waals surface area contributed by atoms with Gasteiger partial charge in [-0.1, -0.05) is 35.9 Å². The molecule has 0 saturated heterocycles. The van der Waals surface area contributed by atoms with Crippen LogP contribution in [0.3, 0.4) is 0 Å². The molecule has 0 spiro atoms. The van der Waals surface area contributed by atoms with Gasteiger partial charge < -0.3 is 9.47 Å². The summed E-state index contributed by atoms with van der Waals surface area (Å²) < 4.78 is 9.99. The molecule has 1 aromatic rings. The van der Waals surface area contributed by atoms with E-state index in [1.807, 2.05) is 37.3 Å². The van der Waals surface area contributed by atoms with E-state index >= 15 is 0 Å². The Hall–Kier alpha value is -2.10. The molecule has 1 aromatic carbocycles. The number of hydrogen-bond donors (Lipinski definition) is 0. The number of rotatable bonds is 8. The van der Waals surface area contributed by atoms with Gasteiger partial charge in [-0.25, -0.2) is 0 Å². The van der Waals surface area contributed by atoms with E-state index in [0.29, 0.717) is 12.8 Å². The van der Waals surface area contributed by atoms with Crippen molar-refractivity contribution in [1.82, 2.24) is 0 Å². The number of benzene rings is 1. The summed E-state index contributed by atoms with van der Waals surface area (Å²) in [5.74, 6) is -1.86. The standard InChI is InChI=1S/C19H26O4/c1-5-22-18(20)17(19(21)23-6-2)13-12-14(3)15(4)16-10-8-7-9-11-16/h7-11,17H,5-6,12-13H2,1-4H3/b15-14+. The van der Waals surface area contributed by atoms with Crippen molar-refractivity contribution in [2.45, 2.75) is 40.5 Å². The molecule has 0 fully saturated rings. The molecule has 0 aliphatic heterocycles. The van der Waals surface area contributed by atoms with Crippen molar-refractivity contribution in [1.29, 1.82) is 0 Å². The SMILES string of the molecule is CCOC(=O)C(CC/C(C)=C(\C)c1ccccc1)C(=O)OCC. The summed E-state index contributed by atoms with van der Waals surface area (Å²) in [7, 11) is 0. The second-order valence-electron chi connectivity index (χ2n) is 5.37. The average Bonchev–Trinajstić information content (AvgIpc) is 2.55. The van der Waals surface area contributed by atoms with Crippen LogP contribution in [0.1, 0.15) is 46.1 Å². The van der Waals surface area contributed by atoms with Crippen molar-refractivity contribution in [3.8, 4) is 0 Å². The van der Waals surface area contributed by atoms with Gasteiger partial charge >= 0.3 is 11.9 Å². The number of carbonyl (C=O) groups is 2. The molecule has 4 heteroatoms. The highest BCUT2D eigenvalue weighted by molar-refractivity contribution is 5.94. The monoisotopic (exact) mass is 318 g/mol. The Morgan fingerprint density at radius 3 is 1.96 bits per heavy atom. The lowest BCUT2D eigenvalue weighted by Gasteiger charge is -2.15. The number of carbonyl (C=O) groups excluding carboxylic acids is 2. The van der Waals surface area contributed by atoms with Crippen molar-refractivity contribution >= 4 is 17.5 Å². The van der Waals surface area contributed by atoms with Crippen LogP contribution in [-0.2, 0) is 19.1 Å². The molecule has 0 amide bonds. The normalized spacial score (nSPS) is 11.9. The molecule has 4 nitrogen and oxygen atoms in total. The first-order valence-corrected chi connectivity index (χ1v) is 8.06. The number of allylic oxidation sites excluding steroid dienone is 2. The zero-order valence-electron chi connectivity index (χ0n) is 14.4. The van der Waals surface area contributed by atoms with Gasteiger partial charge in [0, 0.05) is 0 Å². The molecule has 1 rings (SSSR count). The molecule has 23 heavy (non-hydrogen) atoms. The molecule has 0 radical (unpaired) electrons. The van der Waals surface area contributed by atoms with Crippen molar-refractivity contribution in [3.63, 3.8) is 0 Å². The molecule has 0 N–H and O–H groups in total. The third-order valence-corrected chi connectivity index (χ3v) is 3.80. The Bertz CT molecular complexity index is 528. The number of ether oxygens (including phenoxy) is 2. The molecule has 0 unspecified atom stereocenters. The fraction of sp³-hybridized carbons (Fsp3) is 0.474. The van der Waals surface area contributed by atoms with Gasteiger partial charge in [-0.05, 0) is 51.7 Å². The second-order valence-corrected chi connectivity index (χ2v) is 5.37. The average molecular weight is 318 g/mol. The Labute approximate surface area is 138 Å². The minimum atomic E-state index is -0.853. The predicted molar refractivity (Wildman–Crippen MR) is 90.7 cm³/mol. The van der Waals surface area contributed by atoms with Crippen LogP contribution in [0.4, 0.5) is 0 Å². The molecule has 0 heterocycles. The lowest BCUT2D eigenvalue weighted by molar-refractivity contribution is -0.161. The van der Waals surface area contributed by atoms with E-state index < -0.39 is 17.9 Å². The first kappa shape index (κ1) is 18.9. The van der Waals surface area contributed by atoms with E-state index in [1.165, 1.54) is 0 Å². The predicted octanol–water partition coefficient (Wildman–Crippen LogP) is 4.00. The number of hydrogen-bond acceptors (Lipinski definition) is 4. The highest BCUT2D eigenvalue weighted by Crippen LogP contribution is 2.23. The minimum absolute atomic E-state index is 0.257. The maximum Gasteiger partial charge on any atom is 0.320 e. The van der Waals surface area contributed by atoms with Gasteiger partial charge in [0.25, 0.3) is 0 Å². The second kappa shape index (κ2) is 9.82. The van der Waals surface area contributed by atoms with Gasteiger partial charge in [-0.2, -0.15) is 0 Å². The van der Waals surface area contributed by atoms with E-state index in [-0.39, 0.29) is 13.2 Å². The maximum absolute atomic E-state index is 12.0. The molecule has 0 aromatic heterocycles. The third kappa shape index (κ3) is 5.89. The quantitative estimate of drug-likeness (QED) is 0.537. The van der Waals surface area contributed by atoms with E-state index in [0.717, 1.165) is 16.7 Å². The fourth-order valence-corrected chi connectivity index (χ4v) is 2.30. The molecule has 0 aliphatic rings. The third-order valence-electron chi connectivity index (χ3n) is 3.80. The first-order valence-electron chi connectivity index (χ1n) is 8.06. The van der Waals surface area contributed by atoms with Gasteiger partial charge in [-0.3, -0.25) is 9.59 Å². The van der Waals surface area contributed by atoms with Crippen molar-refractivity contribution in [2.75, 3.05) is 13.2 Å². The van der Waals surface area contributed by atoms with Crippen LogP contribution >= 0.6 is 0 Å². The van der Waals surface area contributed by atoms with Crippen molar-refractivity contribution in [2.24, 2.45) is 5.92 Å². The minimum Gasteiger partial charge on any atom is -0.465 e. The Balaban J connectivity index is 2.80. The van der Waals surface area contributed by atoms with Crippen LogP contribution in [0, 0.1) is 5.92 Å². The van der Waals surface area contributed by atoms with Crippen LogP contribution < -0.4 is 0 Å². The molecule has 0 atom stereocenters. The van der Waals surface area contributed by atoms with Gasteiger partial charge in [0.15, 0.2) is 5.92 Å². The molecule has 0 saturated carbocycles.